The number of anilines is 2. The molecule has 3 N–H and O–H groups in total. The minimum absolute atomic E-state index is 0.111. The monoisotopic (exact) mass is 469 g/mol. The van der Waals surface area contributed by atoms with Gasteiger partial charge in [-0.1, -0.05) is 6.07 Å². The molecule has 33 heavy (non-hydrogen) atoms. The Kier molecular flexibility index (Phi) is 8.13. The third-order valence-corrected chi connectivity index (χ3v) is 5.94. The lowest BCUT2D eigenvalue weighted by Crippen LogP contribution is -2.39. The Balaban J connectivity index is 1.68. The maximum absolute atomic E-state index is 13.5. The Hall–Kier alpha value is -3.30. The third-order valence-electron chi connectivity index (χ3n) is 5.12. The minimum Gasteiger partial charge on any atom is -0.398 e. The first-order valence-corrected chi connectivity index (χ1v) is 11.4. The van der Waals surface area contributed by atoms with E-state index in [0.29, 0.717) is 42.3 Å². The second-order valence-corrected chi connectivity index (χ2v) is 8.87. The second kappa shape index (κ2) is 11.0. The number of nitrogen functional groups attached to an aromatic ring is 1. The number of Topliss-reactive ketones (excluding diaryl/α,β-unsaturated/α-hetero) is 1. The summed E-state index contributed by atoms with van der Waals surface area (Å²) in [6, 6.07) is 7.64. The van der Waals surface area contributed by atoms with Crippen LogP contribution in [0.25, 0.3) is 0 Å². The molecule has 1 aromatic carbocycles. The molecule has 9 heteroatoms. The highest BCUT2D eigenvalue weighted by molar-refractivity contribution is 7.08. The average Bonchev–Trinajstić information content (AvgIpc) is 3.18. The molecular weight excluding hydrogens is 441 g/mol. The Morgan fingerprint density at radius 3 is 2.55 bits per heavy atom. The zero-order chi connectivity index (χ0) is 24.0. The van der Waals surface area contributed by atoms with Crippen LogP contribution >= 0.6 is 11.3 Å². The predicted molar refractivity (Wildman–Crippen MR) is 130 cm³/mol. The van der Waals surface area contributed by atoms with Crippen LogP contribution < -0.4 is 11.1 Å². The molecule has 0 saturated heterocycles. The van der Waals surface area contributed by atoms with Crippen molar-refractivity contribution in [2.24, 2.45) is 0 Å². The number of amides is 2. The molecule has 2 amide bonds. The van der Waals surface area contributed by atoms with Gasteiger partial charge in [0.05, 0.1) is 0 Å². The van der Waals surface area contributed by atoms with Crippen LogP contribution in [0, 0.1) is 12.7 Å². The zero-order valence-corrected chi connectivity index (χ0v) is 19.8. The van der Waals surface area contributed by atoms with Gasteiger partial charge in [0.25, 0.3) is 0 Å². The van der Waals surface area contributed by atoms with Gasteiger partial charge in [0.1, 0.15) is 11.5 Å². The highest BCUT2D eigenvalue weighted by atomic mass is 32.1. The predicted octanol–water partition coefficient (Wildman–Crippen LogP) is 4.19. The maximum atomic E-state index is 13.5. The van der Waals surface area contributed by atoms with E-state index in [1.165, 1.54) is 23.5 Å². The first-order valence-electron chi connectivity index (χ1n) is 10.5. The number of nitrogens with one attached hydrogen (secondary N) is 1. The summed E-state index contributed by atoms with van der Waals surface area (Å²) in [6.07, 6.45) is 1.82. The fourth-order valence-electron chi connectivity index (χ4n) is 3.14. The molecule has 0 radical (unpaired) electrons. The van der Waals surface area contributed by atoms with Crippen LogP contribution in [0.2, 0.25) is 0 Å². The van der Waals surface area contributed by atoms with Crippen LogP contribution in [0.1, 0.15) is 27.2 Å². The fraction of sp³-hybridized carbons (Fsp3) is 0.292. The molecular formula is C24H28FN5O2S. The number of hydrogen-bond donors (Lipinski definition) is 2. The van der Waals surface area contributed by atoms with Crippen molar-refractivity contribution < 1.29 is 14.0 Å². The summed E-state index contributed by atoms with van der Waals surface area (Å²) in [6.45, 7) is 3.12. The van der Waals surface area contributed by atoms with E-state index in [1.54, 1.807) is 41.6 Å². The van der Waals surface area contributed by atoms with Crippen molar-refractivity contribution in [3.63, 3.8) is 0 Å². The molecule has 3 rings (SSSR count). The molecule has 0 aliphatic carbocycles. The van der Waals surface area contributed by atoms with E-state index in [2.05, 4.69) is 10.3 Å². The molecule has 2 heterocycles. The maximum Gasteiger partial charge on any atom is 0.322 e. The summed E-state index contributed by atoms with van der Waals surface area (Å²) >= 11 is 1.46. The van der Waals surface area contributed by atoms with E-state index in [-0.39, 0.29) is 24.1 Å². The highest BCUT2D eigenvalue weighted by Gasteiger charge is 2.17. The van der Waals surface area contributed by atoms with Gasteiger partial charge in [-0.15, -0.1) is 11.3 Å². The Labute approximate surface area is 197 Å². The van der Waals surface area contributed by atoms with Gasteiger partial charge < -0.3 is 20.9 Å². The number of aromatic nitrogens is 1. The van der Waals surface area contributed by atoms with Gasteiger partial charge in [-0.25, -0.2) is 9.18 Å². The Morgan fingerprint density at radius 2 is 1.94 bits per heavy atom. The summed E-state index contributed by atoms with van der Waals surface area (Å²) < 4.78 is 13.5. The standard InChI is InChI=1S/C24H28FN5O2S/c1-16-10-19(5-6-20(16)25)28-24(32)30(9-8-29(2)3)13-17-4-7-22(27-12-17)23(31)11-18-14-33-15-21(18)26/h4-7,10,12,14-15H,8-9,11,13,26H2,1-3H3,(H,28,32). The lowest BCUT2D eigenvalue weighted by Gasteiger charge is -2.25. The van der Waals surface area contributed by atoms with Crippen LogP contribution in [0.15, 0.2) is 47.3 Å². The number of hydrogen-bond acceptors (Lipinski definition) is 6. The van der Waals surface area contributed by atoms with E-state index in [9.17, 15) is 14.0 Å². The van der Waals surface area contributed by atoms with Crippen molar-refractivity contribution in [2.45, 2.75) is 19.9 Å². The summed E-state index contributed by atoms with van der Waals surface area (Å²) in [5, 5.41) is 6.50. The molecule has 0 bridgehead atoms. The van der Waals surface area contributed by atoms with E-state index in [0.717, 1.165) is 11.1 Å². The third kappa shape index (κ3) is 6.84. The quantitative estimate of drug-likeness (QED) is 0.459. The number of thiophene rings is 1. The van der Waals surface area contributed by atoms with Crippen molar-refractivity contribution in [1.29, 1.82) is 0 Å². The van der Waals surface area contributed by atoms with Crippen LogP contribution in [0.3, 0.4) is 0 Å². The van der Waals surface area contributed by atoms with Gasteiger partial charge in [0.15, 0.2) is 5.78 Å². The number of benzene rings is 1. The molecule has 2 aromatic heterocycles. The van der Waals surface area contributed by atoms with Gasteiger partial charge >= 0.3 is 6.03 Å². The fourth-order valence-corrected chi connectivity index (χ4v) is 3.89. The number of nitrogens with zero attached hydrogens (tertiary/aromatic N) is 3. The molecule has 0 fully saturated rings. The van der Waals surface area contributed by atoms with Crippen LogP contribution in [0.4, 0.5) is 20.6 Å². The minimum atomic E-state index is -0.320. The number of aryl methyl sites for hydroxylation is 1. The molecule has 0 saturated carbocycles. The summed E-state index contributed by atoms with van der Waals surface area (Å²) in [5.74, 6) is -0.430. The molecule has 3 aromatic rings. The summed E-state index contributed by atoms with van der Waals surface area (Å²) in [5.41, 5.74) is 9.43. The van der Waals surface area contributed by atoms with E-state index in [1.807, 2.05) is 24.4 Å². The van der Waals surface area contributed by atoms with Crippen molar-refractivity contribution in [3.05, 3.63) is 75.5 Å². The van der Waals surface area contributed by atoms with Gasteiger partial charge in [-0.05, 0) is 67.4 Å². The number of carbonyl (C=O) groups is 2. The molecule has 0 unspecified atom stereocenters. The van der Waals surface area contributed by atoms with Crippen molar-refractivity contribution in [2.75, 3.05) is 38.2 Å². The summed E-state index contributed by atoms with van der Waals surface area (Å²) in [4.78, 5) is 33.4. The second-order valence-electron chi connectivity index (χ2n) is 8.12. The van der Waals surface area contributed by atoms with Gasteiger partial charge in [-0.2, -0.15) is 0 Å². The van der Waals surface area contributed by atoms with Crippen molar-refractivity contribution in [3.8, 4) is 0 Å². The molecule has 174 valence electrons. The zero-order valence-electron chi connectivity index (χ0n) is 19.0. The lowest BCUT2D eigenvalue weighted by molar-refractivity contribution is 0.0988. The SMILES string of the molecule is Cc1cc(NC(=O)N(CCN(C)C)Cc2ccc(C(=O)Cc3cscc3N)nc2)ccc1F. The van der Waals surface area contributed by atoms with Crippen molar-refractivity contribution in [1.82, 2.24) is 14.8 Å². The van der Waals surface area contributed by atoms with Crippen LogP contribution in [-0.4, -0.2) is 53.8 Å². The smallest absolute Gasteiger partial charge is 0.322 e. The molecule has 0 aliphatic rings. The number of likely N-dealkylation sites (N-methyl/N-ethyl adjacent to an activating group) is 1. The number of ketones is 1. The largest absolute Gasteiger partial charge is 0.398 e. The lowest BCUT2D eigenvalue weighted by atomic mass is 10.1. The highest BCUT2D eigenvalue weighted by Crippen LogP contribution is 2.19. The number of nitrogens with two attached hydrogens (primary N) is 1. The average molecular weight is 470 g/mol. The van der Waals surface area contributed by atoms with Gasteiger partial charge in [0.2, 0.25) is 0 Å². The topological polar surface area (TPSA) is 91.6 Å². The molecule has 7 nitrogen and oxygen atoms in total. The van der Waals surface area contributed by atoms with E-state index >= 15 is 0 Å². The number of carbonyl (C=O) groups excluding carboxylic acids is 2. The first kappa shape index (κ1) is 24.3. The van der Waals surface area contributed by atoms with Gasteiger partial charge in [-0.3, -0.25) is 9.78 Å². The van der Waals surface area contributed by atoms with Gasteiger partial charge in [0, 0.05) is 49.0 Å². The van der Waals surface area contributed by atoms with E-state index in [4.69, 9.17) is 5.73 Å². The van der Waals surface area contributed by atoms with Crippen LogP contribution in [0.5, 0.6) is 0 Å². The van der Waals surface area contributed by atoms with Crippen molar-refractivity contribution >= 4 is 34.5 Å². The number of rotatable bonds is 9. The Bertz CT molecular complexity index is 1110. The number of urea groups is 1. The molecule has 0 spiro atoms. The normalized spacial score (nSPS) is 10.9. The number of pyridine rings is 1. The first-order chi connectivity index (χ1) is 15.7. The van der Waals surface area contributed by atoms with Crippen LogP contribution in [-0.2, 0) is 13.0 Å². The molecule has 0 aliphatic heterocycles. The number of halogens is 1. The summed E-state index contributed by atoms with van der Waals surface area (Å²) in [7, 11) is 3.86. The molecule has 0 atom stereocenters. The van der Waals surface area contributed by atoms with E-state index < -0.39 is 0 Å². The Morgan fingerprint density at radius 1 is 1.15 bits per heavy atom.